The van der Waals surface area contributed by atoms with E-state index in [1.165, 1.54) is 0 Å². The monoisotopic (exact) mass is 238 g/mol. The summed E-state index contributed by atoms with van der Waals surface area (Å²) < 4.78 is 1.78. The predicted molar refractivity (Wildman–Crippen MR) is 67.3 cm³/mol. The molecule has 1 aromatic rings. The molecule has 17 heavy (non-hydrogen) atoms. The lowest BCUT2D eigenvalue weighted by Gasteiger charge is -2.36. The van der Waals surface area contributed by atoms with Crippen molar-refractivity contribution >= 4 is 5.91 Å². The smallest absolute Gasteiger partial charge is 0.227 e. The molecule has 3 N–H and O–H groups in total. The van der Waals surface area contributed by atoms with Gasteiger partial charge in [-0.15, -0.1) is 0 Å². The van der Waals surface area contributed by atoms with Crippen molar-refractivity contribution < 1.29 is 4.79 Å². The van der Waals surface area contributed by atoms with Crippen molar-refractivity contribution in [3.05, 3.63) is 18.5 Å². The van der Waals surface area contributed by atoms with E-state index < -0.39 is 11.0 Å². The second-order valence-corrected chi connectivity index (χ2v) is 5.37. The molecule has 0 spiro atoms. The van der Waals surface area contributed by atoms with Crippen LogP contribution < -0.4 is 11.1 Å². The maximum Gasteiger partial charge on any atom is 0.227 e. The largest absolute Gasteiger partial charge is 0.354 e. The molecule has 1 heterocycles. The normalized spacial score (nSPS) is 12.5. The number of hydrogen-bond acceptors (Lipinski definition) is 3. The second kappa shape index (κ2) is 4.87. The number of amides is 1. The Morgan fingerprint density at radius 1 is 1.41 bits per heavy atom. The molecule has 5 heteroatoms. The third-order valence-corrected chi connectivity index (χ3v) is 3.36. The van der Waals surface area contributed by atoms with Crippen LogP contribution in [0.3, 0.4) is 0 Å². The van der Waals surface area contributed by atoms with Gasteiger partial charge in [0.2, 0.25) is 5.91 Å². The van der Waals surface area contributed by atoms with Gasteiger partial charge in [-0.2, -0.15) is 5.10 Å². The van der Waals surface area contributed by atoms with Crippen LogP contribution in [0.25, 0.3) is 0 Å². The Labute approximate surface area is 102 Å². The highest BCUT2D eigenvalue weighted by atomic mass is 16.2. The van der Waals surface area contributed by atoms with Gasteiger partial charge in [0.15, 0.2) is 0 Å². The van der Waals surface area contributed by atoms with Crippen molar-refractivity contribution in [2.45, 2.75) is 39.8 Å². The van der Waals surface area contributed by atoms with Gasteiger partial charge >= 0.3 is 0 Å². The van der Waals surface area contributed by atoms with Crippen LogP contribution in [0.5, 0.6) is 0 Å². The first-order valence-corrected chi connectivity index (χ1v) is 5.80. The highest BCUT2D eigenvalue weighted by Crippen LogP contribution is 2.28. The molecule has 0 fully saturated rings. The van der Waals surface area contributed by atoms with Gasteiger partial charge in [-0.3, -0.25) is 9.48 Å². The number of carbonyl (C=O) groups excluding carboxylic acids is 1. The van der Waals surface area contributed by atoms with Crippen molar-refractivity contribution in [1.29, 1.82) is 0 Å². The van der Waals surface area contributed by atoms with Gasteiger partial charge in [-0.05, 0) is 33.8 Å². The van der Waals surface area contributed by atoms with Crippen molar-refractivity contribution in [2.75, 3.05) is 6.54 Å². The molecule has 0 unspecified atom stereocenters. The molecule has 5 nitrogen and oxygen atoms in total. The molecule has 0 bridgehead atoms. The minimum atomic E-state index is -0.600. The molecule has 0 aliphatic carbocycles. The van der Waals surface area contributed by atoms with Gasteiger partial charge in [0, 0.05) is 24.5 Å². The minimum Gasteiger partial charge on any atom is -0.354 e. The first-order valence-electron chi connectivity index (χ1n) is 5.80. The average Bonchev–Trinajstić information content (AvgIpc) is 2.68. The van der Waals surface area contributed by atoms with Crippen LogP contribution in [0.1, 0.15) is 27.7 Å². The van der Waals surface area contributed by atoms with E-state index in [-0.39, 0.29) is 5.91 Å². The molecule has 0 saturated carbocycles. The summed E-state index contributed by atoms with van der Waals surface area (Å²) in [6, 6.07) is 1.86. The minimum absolute atomic E-state index is 0.0304. The Hall–Kier alpha value is -1.36. The summed E-state index contributed by atoms with van der Waals surface area (Å²) in [6.07, 6.45) is 3.58. The fraction of sp³-hybridized carbons (Fsp3) is 0.667. The molecule has 0 aliphatic heterocycles. The van der Waals surface area contributed by atoms with E-state index in [1.807, 2.05) is 40.0 Å². The van der Waals surface area contributed by atoms with Crippen LogP contribution in [0.4, 0.5) is 0 Å². The molecule has 0 radical (unpaired) electrons. The average molecular weight is 238 g/mol. The lowest BCUT2D eigenvalue weighted by atomic mass is 9.74. The van der Waals surface area contributed by atoms with Crippen LogP contribution in [0.2, 0.25) is 0 Å². The molecule has 1 aromatic heterocycles. The van der Waals surface area contributed by atoms with E-state index in [4.69, 9.17) is 5.73 Å². The van der Waals surface area contributed by atoms with Crippen LogP contribution in [-0.2, 0) is 11.3 Å². The standard InChI is InChI=1S/C12H22N4O/c1-11(2,12(3,4)13)10(17)14-7-9-16-8-5-6-15-16/h5-6,8H,7,9,13H2,1-4H3,(H,14,17). The van der Waals surface area contributed by atoms with Gasteiger partial charge in [0.05, 0.1) is 12.0 Å². The summed E-state index contributed by atoms with van der Waals surface area (Å²) in [6.45, 7) is 8.66. The van der Waals surface area contributed by atoms with Crippen molar-refractivity contribution in [1.82, 2.24) is 15.1 Å². The van der Waals surface area contributed by atoms with E-state index in [0.29, 0.717) is 13.1 Å². The fourth-order valence-corrected chi connectivity index (χ4v) is 1.23. The molecule has 0 aliphatic rings. The Kier molecular flexibility index (Phi) is 3.93. The molecular weight excluding hydrogens is 216 g/mol. The van der Waals surface area contributed by atoms with Crippen LogP contribution in [-0.4, -0.2) is 27.8 Å². The van der Waals surface area contributed by atoms with Gasteiger partial charge in [0.25, 0.3) is 0 Å². The summed E-state index contributed by atoms with van der Waals surface area (Å²) in [7, 11) is 0. The van der Waals surface area contributed by atoms with E-state index in [9.17, 15) is 4.79 Å². The molecule has 0 atom stereocenters. The number of carbonyl (C=O) groups is 1. The van der Waals surface area contributed by atoms with E-state index in [2.05, 4.69) is 10.4 Å². The van der Waals surface area contributed by atoms with Crippen molar-refractivity contribution in [2.24, 2.45) is 11.1 Å². The topological polar surface area (TPSA) is 72.9 Å². The summed E-state index contributed by atoms with van der Waals surface area (Å²) >= 11 is 0. The highest BCUT2D eigenvalue weighted by molar-refractivity contribution is 5.83. The maximum absolute atomic E-state index is 12.0. The predicted octanol–water partition coefficient (Wildman–Crippen LogP) is 0.763. The third kappa shape index (κ3) is 3.30. The summed E-state index contributed by atoms with van der Waals surface area (Å²) in [5.74, 6) is -0.0304. The SMILES string of the molecule is CC(C)(N)C(C)(C)C(=O)NCCn1cccn1. The molecule has 0 aromatic carbocycles. The number of nitrogens with zero attached hydrogens (tertiary/aromatic N) is 2. The van der Waals surface area contributed by atoms with E-state index >= 15 is 0 Å². The van der Waals surface area contributed by atoms with Crippen LogP contribution in [0, 0.1) is 5.41 Å². The highest BCUT2D eigenvalue weighted by Gasteiger charge is 2.40. The Balaban J connectivity index is 2.45. The fourth-order valence-electron chi connectivity index (χ4n) is 1.23. The third-order valence-electron chi connectivity index (χ3n) is 3.36. The van der Waals surface area contributed by atoms with Gasteiger partial charge in [0.1, 0.15) is 0 Å². The number of hydrogen-bond donors (Lipinski definition) is 2. The molecule has 96 valence electrons. The number of nitrogens with two attached hydrogens (primary N) is 1. The number of rotatable bonds is 5. The Bertz CT molecular complexity index is 362. The van der Waals surface area contributed by atoms with Gasteiger partial charge in [-0.25, -0.2) is 0 Å². The first kappa shape index (κ1) is 13.7. The summed E-state index contributed by atoms with van der Waals surface area (Å²) in [4.78, 5) is 12.0. The molecule has 1 amide bonds. The van der Waals surface area contributed by atoms with Crippen molar-refractivity contribution in [3.63, 3.8) is 0 Å². The zero-order valence-electron chi connectivity index (χ0n) is 11.0. The first-order chi connectivity index (χ1) is 7.75. The molecule has 0 saturated heterocycles. The quantitative estimate of drug-likeness (QED) is 0.795. The molecule has 1 rings (SSSR count). The van der Waals surface area contributed by atoms with Gasteiger partial charge < -0.3 is 11.1 Å². The zero-order chi connectivity index (χ0) is 13.1. The van der Waals surface area contributed by atoms with E-state index in [1.54, 1.807) is 10.9 Å². The lowest BCUT2D eigenvalue weighted by molar-refractivity contribution is -0.132. The van der Waals surface area contributed by atoms with Crippen molar-refractivity contribution in [3.8, 4) is 0 Å². The lowest BCUT2D eigenvalue weighted by Crippen LogP contribution is -2.55. The summed E-state index contributed by atoms with van der Waals surface area (Å²) in [5.41, 5.74) is 4.85. The maximum atomic E-state index is 12.0. The molecular formula is C12H22N4O. The summed E-state index contributed by atoms with van der Waals surface area (Å²) in [5, 5.41) is 6.95. The number of nitrogens with one attached hydrogen (secondary N) is 1. The zero-order valence-corrected chi connectivity index (χ0v) is 11.0. The Morgan fingerprint density at radius 2 is 2.06 bits per heavy atom. The Morgan fingerprint density at radius 3 is 2.53 bits per heavy atom. The van der Waals surface area contributed by atoms with E-state index in [0.717, 1.165) is 0 Å². The second-order valence-electron chi connectivity index (χ2n) is 5.37. The number of aromatic nitrogens is 2. The van der Waals surface area contributed by atoms with Crippen LogP contribution in [0.15, 0.2) is 18.5 Å². The van der Waals surface area contributed by atoms with Crippen LogP contribution >= 0.6 is 0 Å². The van der Waals surface area contributed by atoms with Gasteiger partial charge in [-0.1, -0.05) is 0 Å².